The lowest BCUT2D eigenvalue weighted by Gasteiger charge is -2.23. The first kappa shape index (κ1) is 17.1. The van der Waals surface area contributed by atoms with Crippen LogP contribution in [0, 0.1) is 5.82 Å². The molecule has 1 saturated heterocycles. The summed E-state index contributed by atoms with van der Waals surface area (Å²) in [5, 5.41) is 13.5. The highest BCUT2D eigenvalue weighted by molar-refractivity contribution is 5.90. The zero-order valence-electron chi connectivity index (χ0n) is 13.8. The van der Waals surface area contributed by atoms with Crippen LogP contribution in [-0.2, 0) is 0 Å². The minimum absolute atomic E-state index is 0.0280. The molecule has 1 fully saturated rings. The number of carbonyl (C=O) groups is 1. The van der Waals surface area contributed by atoms with Gasteiger partial charge < -0.3 is 20.1 Å². The first-order valence-electron chi connectivity index (χ1n) is 7.89. The molecule has 1 amide bonds. The van der Waals surface area contributed by atoms with E-state index in [0.717, 1.165) is 0 Å². The third-order valence-corrected chi connectivity index (χ3v) is 4.05. The number of nitrogens with one attached hydrogen (secondary N) is 1. The molecule has 7 nitrogen and oxygen atoms in total. The maximum atomic E-state index is 13.2. The molecular weight excluding hydrogens is 327 g/mol. The van der Waals surface area contributed by atoms with Crippen molar-refractivity contribution in [1.29, 1.82) is 0 Å². The molecule has 0 radical (unpaired) electrons. The van der Waals surface area contributed by atoms with Crippen LogP contribution < -0.4 is 10.1 Å². The molecule has 0 aliphatic carbocycles. The first-order chi connectivity index (χ1) is 12.0. The van der Waals surface area contributed by atoms with Crippen LogP contribution in [0.4, 0.5) is 10.1 Å². The summed E-state index contributed by atoms with van der Waals surface area (Å²) in [6.45, 7) is 0.455. The third-order valence-electron chi connectivity index (χ3n) is 4.05. The van der Waals surface area contributed by atoms with Gasteiger partial charge in [-0.25, -0.2) is 14.4 Å². The van der Waals surface area contributed by atoms with Crippen molar-refractivity contribution in [3.63, 3.8) is 0 Å². The van der Waals surface area contributed by atoms with Gasteiger partial charge in [-0.15, -0.1) is 0 Å². The smallest absolute Gasteiger partial charge is 0.291 e. The quantitative estimate of drug-likeness (QED) is 0.849. The highest BCUT2D eigenvalue weighted by Gasteiger charge is 2.39. The molecular formula is C17H19FN4O3. The van der Waals surface area contributed by atoms with Crippen LogP contribution in [0.5, 0.6) is 5.75 Å². The molecule has 0 saturated carbocycles. The van der Waals surface area contributed by atoms with E-state index in [1.807, 2.05) is 0 Å². The molecule has 25 heavy (non-hydrogen) atoms. The van der Waals surface area contributed by atoms with Crippen LogP contribution in [0.3, 0.4) is 0 Å². The van der Waals surface area contributed by atoms with Crippen LogP contribution in [0.2, 0.25) is 0 Å². The van der Waals surface area contributed by atoms with E-state index in [0.29, 0.717) is 24.4 Å². The molecule has 2 heterocycles. The van der Waals surface area contributed by atoms with Gasteiger partial charge in [-0.3, -0.25) is 4.79 Å². The zero-order valence-corrected chi connectivity index (χ0v) is 13.8. The molecule has 3 rings (SSSR count). The lowest BCUT2D eigenvalue weighted by atomic mass is 10.1. The van der Waals surface area contributed by atoms with Gasteiger partial charge in [0.05, 0.1) is 24.6 Å². The fourth-order valence-corrected chi connectivity index (χ4v) is 2.63. The number of halogens is 1. The second kappa shape index (κ2) is 7.02. The van der Waals surface area contributed by atoms with E-state index in [-0.39, 0.29) is 24.9 Å². The molecule has 0 bridgehead atoms. The number of anilines is 1. The summed E-state index contributed by atoms with van der Waals surface area (Å²) in [6, 6.07) is 5.71. The van der Waals surface area contributed by atoms with E-state index in [1.54, 1.807) is 13.1 Å². The summed E-state index contributed by atoms with van der Waals surface area (Å²) in [4.78, 5) is 22.0. The number of aliphatic hydroxyl groups is 1. The summed E-state index contributed by atoms with van der Waals surface area (Å²) in [5.41, 5.74) is -0.481. The van der Waals surface area contributed by atoms with Crippen LogP contribution in [0.15, 0.2) is 36.7 Å². The van der Waals surface area contributed by atoms with E-state index in [4.69, 9.17) is 4.74 Å². The number of rotatable bonds is 5. The molecule has 1 aromatic heterocycles. The Kier molecular flexibility index (Phi) is 4.80. The van der Waals surface area contributed by atoms with Gasteiger partial charge >= 0.3 is 0 Å². The van der Waals surface area contributed by atoms with Gasteiger partial charge in [0.15, 0.2) is 0 Å². The number of amides is 1. The van der Waals surface area contributed by atoms with Gasteiger partial charge in [0.2, 0.25) is 5.82 Å². The highest BCUT2D eigenvalue weighted by atomic mass is 19.1. The molecule has 1 aromatic carbocycles. The minimum atomic E-state index is -1.19. The van der Waals surface area contributed by atoms with Crippen LogP contribution in [-0.4, -0.2) is 58.2 Å². The van der Waals surface area contributed by atoms with E-state index >= 15 is 0 Å². The normalized spacial score (nSPS) is 19.7. The number of benzene rings is 1. The number of ether oxygens (including phenoxy) is 1. The fourth-order valence-electron chi connectivity index (χ4n) is 2.63. The van der Waals surface area contributed by atoms with Crippen molar-refractivity contribution in [3.8, 4) is 5.75 Å². The Morgan fingerprint density at radius 2 is 2.20 bits per heavy atom. The van der Waals surface area contributed by atoms with Gasteiger partial charge in [0.1, 0.15) is 23.8 Å². The number of carbonyl (C=O) groups excluding carboxylic acids is 1. The van der Waals surface area contributed by atoms with Crippen molar-refractivity contribution in [3.05, 3.63) is 48.3 Å². The maximum absolute atomic E-state index is 13.2. The average molecular weight is 346 g/mol. The van der Waals surface area contributed by atoms with Crippen molar-refractivity contribution in [2.24, 2.45) is 0 Å². The molecule has 8 heteroatoms. The predicted molar refractivity (Wildman–Crippen MR) is 88.9 cm³/mol. The summed E-state index contributed by atoms with van der Waals surface area (Å²) in [6.07, 6.45) is 3.41. The van der Waals surface area contributed by atoms with Crippen molar-refractivity contribution in [2.75, 3.05) is 32.1 Å². The highest BCUT2D eigenvalue weighted by Crippen LogP contribution is 2.24. The summed E-state index contributed by atoms with van der Waals surface area (Å²) >= 11 is 0. The van der Waals surface area contributed by atoms with Crippen molar-refractivity contribution in [2.45, 2.75) is 12.0 Å². The summed E-state index contributed by atoms with van der Waals surface area (Å²) in [7, 11) is 1.74. The Morgan fingerprint density at radius 3 is 2.88 bits per heavy atom. The Hall–Kier alpha value is -2.74. The van der Waals surface area contributed by atoms with Gasteiger partial charge in [-0.05, 0) is 18.6 Å². The van der Waals surface area contributed by atoms with Gasteiger partial charge in [-0.1, -0.05) is 6.07 Å². The maximum Gasteiger partial charge on any atom is 0.291 e. The van der Waals surface area contributed by atoms with Gasteiger partial charge in [0.25, 0.3) is 5.91 Å². The van der Waals surface area contributed by atoms with Gasteiger partial charge in [-0.2, -0.15) is 0 Å². The van der Waals surface area contributed by atoms with Crippen LogP contribution in [0.1, 0.15) is 17.0 Å². The summed E-state index contributed by atoms with van der Waals surface area (Å²) < 4.78 is 18.6. The van der Waals surface area contributed by atoms with Crippen molar-refractivity contribution >= 4 is 11.6 Å². The Balaban J connectivity index is 1.60. The number of hydrogen-bond acceptors (Lipinski definition) is 6. The largest absolute Gasteiger partial charge is 0.490 e. The van der Waals surface area contributed by atoms with Gasteiger partial charge in [0, 0.05) is 19.7 Å². The number of aromatic nitrogens is 2. The lowest BCUT2D eigenvalue weighted by Crippen LogP contribution is -2.41. The lowest BCUT2D eigenvalue weighted by molar-refractivity contribution is 0.00411. The van der Waals surface area contributed by atoms with Crippen molar-refractivity contribution in [1.82, 2.24) is 14.9 Å². The molecule has 132 valence electrons. The molecule has 1 aliphatic rings. The number of nitrogens with zero attached hydrogens (tertiary/aromatic N) is 3. The molecule has 1 atom stereocenters. The molecule has 0 spiro atoms. The molecule has 2 aromatic rings. The zero-order chi connectivity index (χ0) is 17.9. The standard InChI is InChI=1S/C17H19FN4O3/c1-19-13-8-20-15(21-9-13)16(23)22-6-5-17(24,10-22)11-25-14-4-2-3-12(18)7-14/h2-4,7-9,19,24H,5-6,10-11H2,1H3/t17-/m0/s1. The monoisotopic (exact) mass is 346 g/mol. The Labute approximate surface area is 144 Å². The summed E-state index contributed by atoms with van der Waals surface area (Å²) in [5.74, 6) is -0.335. The van der Waals surface area contributed by atoms with E-state index in [2.05, 4.69) is 15.3 Å². The fraction of sp³-hybridized carbons (Fsp3) is 0.353. The van der Waals surface area contributed by atoms with E-state index < -0.39 is 11.4 Å². The first-order valence-corrected chi connectivity index (χ1v) is 7.89. The second-order valence-corrected chi connectivity index (χ2v) is 5.99. The molecule has 2 N–H and O–H groups in total. The third kappa shape index (κ3) is 4.03. The SMILES string of the molecule is CNc1cnc(C(=O)N2CC[C@@](O)(COc3cccc(F)c3)C2)nc1. The Morgan fingerprint density at radius 1 is 1.44 bits per heavy atom. The van der Waals surface area contributed by atoms with Crippen LogP contribution >= 0.6 is 0 Å². The molecule has 1 aliphatic heterocycles. The second-order valence-electron chi connectivity index (χ2n) is 5.99. The Bertz CT molecular complexity index is 756. The number of β-amino-alcohol motifs (C(OH)–C–C–N with tert-alkyl or cyclic N) is 1. The number of hydrogen-bond donors (Lipinski definition) is 2. The predicted octanol–water partition coefficient (Wildman–Crippen LogP) is 1.31. The molecule has 0 unspecified atom stereocenters. The number of likely N-dealkylation sites (tertiary alicyclic amines) is 1. The van der Waals surface area contributed by atoms with Crippen molar-refractivity contribution < 1.29 is 19.0 Å². The van der Waals surface area contributed by atoms with E-state index in [1.165, 1.54) is 35.5 Å². The average Bonchev–Trinajstić information content (AvgIpc) is 3.02. The topological polar surface area (TPSA) is 87.6 Å². The van der Waals surface area contributed by atoms with Crippen LogP contribution in [0.25, 0.3) is 0 Å². The van der Waals surface area contributed by atoms with E-state index in [9.17, 15) is 14.3 Å². The minimum Gasteiger partial charge on any atom is -0.490 e.